The van der Waals surface area contributed by atoms with Crippen LogP contribution in [0.25, 0.3) is 0 Å². The smallest absolute Gasteiger partial charge is 0.391 e. The fraction of sp³-hybridized carbons (Fsp3) is 0.500. The van der Waals surface area contributed by atoms with Gasteiger partial charge in [-0.25, -0.2) is 9.37 Å². The van der Waals surface area contributed by atoms with Crippen LogP contribution in [-0.4, -0.2) is 22.9 Å². The highest BCUT2D eigenvalue weighted by atomic mass is 19.4. The molecule has 1 aromatic heterocycles. The summed E-state index contributed by atoms with van der Waals surface area (Å²) in [4.78, 5) is 3.52. The minimum Gasteiger partial charge on any atom is -0.476 e. The fourth-order valence-corrected chi connectivity index (χ4v) is 1.26. The Kier molecular flexibility index (Phi) is 4.28. The summed E-state index contributed by atoms with van der Waals surface area (Å²) in [5, 5.41) is 9.29. The van der Waals surface area contributed by atoms with Crippen LogP contribution in [0.15, 0.2) is 12.3 Å². The number of pyridine rings is 1. The predicted molar refractivity (Wildman–Crippen MR) is 51.0 cm³/mol. The molecule has 0 amide bonds. The van der Waals surface area contributed by atoms with Crippen molar-refractivity contribution in [2.24, 2.45) is 0 Å². The molecular weight excluding hydrogens is 242 g/mol. The maximum Gasteiger partial charge on any atom is 0.391 e. The lowest BCUT2D eigenvalue weighted by atomic mass is 10.1. The van der Waals surface area contributed by atoms with Crippen LogP contribution >= 0.6 is 0 Å². The number of halogens is 4. The van der Waals surface area contributed by atoms with Gasteiger partial charge in [-0.1, -0.05) is 0 Å². The molecule has 0 aliphatic carbocycles. The molecule has 0 bridgehead atoms. The Morgan fingerprint density at radius 2 is 2.12 bits per heavy atom. The molecule has 1 aromatic rings. The zero-order valence-corrected chi connectivity index (χ0v) is 8.96. The Morgan fingerprint density at radius 1 is 1.47 bits per heavy atom. The Labute approximate surface area is 95.0 Å². The molecule has 0 radical (unpaired) electrons. The lowest BCUT2D eigenvalue weighted by Gasteiger charge is -2.15. The van der Waals surface area contributed by atoms with Gasteiger partial charge in [0.2, 0.25) is 0 Å². The largest absolute Gasteiger partial charge is 0.476 e. The van der Waals surface area contributed by atoms with Crippen molar-refractivity contribution in [3.63, 3.8) is 0 Å². The van der Waals surface area contributed by atoms with Gasteiger partial charge >= 0.3 is 6.18 Å². The van der Waals surface area contributed by atoms with Crippen LogP contribution in [-0.2, 0) is 0 Å². The summed E-state index contributed by atoms with van der Waals surface area (Å²) in [5.74, 6) is -1.47. The van der Waals surface area contributed by atoms with Crippen molar-refractivity contribution >= 4 is 0 Å². The third-order valence-electron chi connectivity index (χ3n) is 1.95. The lowest BCUT2D eigenvalue weighted by molar-refractivity contribution is -0.154. The van der Waals surface area contributed by atoms with Crippen LogP contribution in [0.1, 0.15) is 25.0 Å². The van der Waals surface area contributed by atoms with E-state index in [1.54, 1.807) is 6.92 Å². The maximum absolute atomic E-state index is 13.6. The first-order valence-electron chi connectivity index (χ1n) is 4.87. The van der Waals surface area contributed by atoms with Gasteiger partial charge in [-0.05, 0) is 13.0 Å². The Hall–Kier alpha value is -1.37. The standard InChI is InChI=1S/C10H11F4NO2/c1-2-17-9-8(11)6(3-4-15-9)7(16)5-10(12,13)14/h3-4,7,16H,2,5H2,1H3. The second-order valence-electron chi connectivity index (χ2n) is 3.29. The molecule has 0 saturated carbocycles. The van der Waals surface area contributed by atoms with Crippen molar-refractivity contribution in [3.8, 4) is 5.88 Å². The third kappa shape index (κ3) is 3.85. The summed E-state index contributed by atoms with van der Waals surface area (Å²) in [5.41, 5.74) is -0.472. The molecule has 0 spiro atoms. The van der Waals surface area contributed by atoms with Crippen LogP contribution in [0.5, 0.6) is 5.88 Å². The maximum atomic E-state index is 13.6. The zero-order chi connectivity index (χ0) is 13.1. The number of rotatable bonds is 4. The first-order valence-corrected chi connectivity index (χ1v) is 4.87. The average molecular weight is 253 g/mol. The summed E-state index contributed by atoms with van der Waals surface area (Å²) in [6.45, 7) is 1.71. The van der Waals surface area contributed by atoms with Gasteiger partial charge in [-0.3, -0.25) is 0 Å². The Bertz CT molecular complexity index is 381. The summed E-state index contributed by atoms with van der Waals surface area (Å²) < 4.78 is 54.5. The number of alkyl halides is 3. The molecule has 0 fully saturated rings. The summed E-state index contributed by atoms with van der Waals surface area (Å²) in [7, 11) is 0. The highest BCUT2D eigenvalue weighted by Gasteiger charge is 2.33. The highest BCUT2D eigenvalue weighted by molar-refractivity contribution is 5.25. The van der Waals surface area contributed by atoms with Crippen molar-refractivity contribution in [1.29, 1.82) is 0 Å². The molecule has 17 heavy (non-hydrogen) atoms. The fourth-order valence-electron chi connectivity index (χ4n) is 1.26. The topological polar surface area (TPSA) is 42.4 Å². The number of aliphatic hydroxyl groups excluding tert-OH is 1. The second kappa shape index (κ2) is 5.31. The molecule has 1 atom stereocenters. The van der Waals surface area contributed by atoms with Crippen molar-refractivity contribution in [2.75, 3.05) is 6.61 Å². The minimum absolute atomic E-state index is 0.128. The highest BCUT2D eigenvalue weighted by Crippen LogP contribution is 2.32. The van der Waals surface area contributed by atoms with E-state index in [0.29, 0.717) is 0 Å². The van der Waals surface area contributed by atoms with E-state index in [1.807, 2.05) is 0 Å². The quantitative estimate of drug-likeness (QED) is 0.839. The predicted octanol–water partition coefficient (Wildman–Crippen LogP) is 2.61. The molecule has 1 rings (SSSR count). The van der Waals surface area contributed by atoms with Crippen LogP contribution in [0.4, 0.5) is 17.6 Å². The molecule has 1 unspecified atom stereocenters. The van der Waals surface area contributed by atoms with E-state index >= 15 is 0 Å². The number of hydrogen-bond donors (Lipinski definition) is 1. The summed E-state index contributed by atoms with van der Waals surface area (Å²) in [6.07, 6.45) is -6.96. The third-order valence-corrected chi connectivity index (χ3v) is 1.95. The molecule has 1 heterocycles. The molecule has 3 nitrogen and oxygen atoms in total. The van der Waals surface area contributed by atoms with Gasteiger partial charge in [0.1, 0.15) is 0 Å². The van der Waals surface area contributed by atoms with Crippen LogP contribution < -0.4 is 4.74 Å². The minimum atomic E-state index is -4.57. The van der Waals surface area contributed by atoms with E-state index in [-0.39, 0.29) is 6.61 Å². The number of aliphatic hydroxyl groups is 1. The van der Waals surface area contributed by atoms with E-state index < -0.39 is 36.0 Å². The lowest BCUT2D eigenvalue weighted by Crippen LogP contribution is -2.15. The molecule has 0 aliphatic rings. The molecular formula is C10H11F4NO2. The van der Waals surface area contributed by atoms with Gasteiger partial charge in [-0.2, -0.15) is 13.2 Å². The van der Waals surface area contributed by atoms with Crippen molar-refractivity contribution in [2.45, 2.75) is 25.6 Å². The second-order valence-corrected chi connectivity index (χ2v) is 3.29. The number of aromatic nitrogens is 1. The molecule has 0 aromatic carbocycles. The molecule has 96 valence electrons. The normalized spacial score (nSPS) is 13.5. The number of hydrogen-bond acceptors (Lipinski definition) is 3. The average Bonchev–Trinajstić information content (AvgIpc) is 2.18. The van der Waals surface area contributed by atoms with Crippen molar-refractivity contribution < 1.29 is 27.4 Å². The van der Waals surface area contributed by atoms with E-state index in [9.17, 15) is 22.7 Å². The van der Waals surface area contributed by atoms with Gasteiger partial charge in [0.05, 0.1) is 19.1 Å². The molecule has 0 aliphatic heterocycles. The van der Waals surface area contributed by atoms with E-state index in [0.717, 1.165) is 12.3 Å². The zero-order valence-electron chi connectivity index (χ0n) is 8.96. The van der Waals surface area contributed by atoms with E-state index in [2.05, 4.69) is 4.98 Å². The van der Waals surface area contributed by atoms with Crippen LogP contribution in [0.3, 0.4) is 0 Å². The van der Waals surface area contributed by atoms with Crippen molar-refractivity contribution in [3.05, 3.63) is 23.6 Å². The Balaban J connectivity index is 2.94. The SMILES string of the molecule is CCOc1nccc(C(O)CC(F)(F)F)c1F. The van der Waals surface area contributed by atoms with Gasteiger partial charge in [0.15, 0.2) is 5.82 Å². The van der Waals surface area contributed by atoms with Crippen LogP contribution in [0, 0.1) is 5.82 Å². The number of nitrogens with zero attached hydrogens (tertiary/aromatic N) is 1. The van der Waals surface area contributed by atoms with Crippen LogP contribution in [0.2, 0.25) is 0 Å². The van der Waals surface area contributed by atoms with Gasteiger partial charge in [0.25, 0.3) is 5.88 Å². The van der Waals surface area contributed by atoms with Gasteiger partial charge in [0, 0.05) is 11.8 Å². The van der Waals surface area contributed by atoms with Gasteiger partial charge < -0.3 is 9.84 Å². The first kappa shape index (κ1) is 13.7. The van der Waals surface area contributed by atoms with E-state index in [4.69, 9.17) is 4.74 Å². The van der Waals surface area contributed by atoms with Gasteiger partial charge in [-0.15, -0.1) is 0 Å². The number of ether oxygens (including phenoxy) is 1. The monoisotopic (exact) mass is 253 g/mol. The van der Waals surface area contributed by atoms with E-state index in [1.165, 1.54) is 0 Å². The first-order chi connectivity index (χ1) is 7.85. The molecule has 7 heteroatoms. The molecule has 1 N–H and O–H groups in total. The Morgan fingerprint density at radius 3 is 2.65 bits per heavy atom. The summed E-state index contributed by atoms with van der Waals surface area (Å²) >= 11 is 0. The molecule has 0 saturated heterocycles. The summed E-state index contributed by atoms with van der Waals surface area (Å²) in [6, 6.07) is 0.994. The van der Waals surface area contributed by atoms with Crippen molar-refractivity contribution in [1.82, 2.24) is 4.98 Å².